The molecule has 6 heteroatoms. The summed E-state index contributed by atoms with van der Waals surface area (Å²) in [4.78, 5) is 10.7. The first-order valence-electron chi connectivity index (χ1n) is 6.06. The topological polar surface area (TPSA) is 73.6 Å². The largest absolute Gasteiger partial charge is 0.493 e. The van der Waals surface area contributed by atoms with E-state index in [1.54, 1.807) is 6.07 Å². The van der Waals surface area contributed by atoms with E-state index in [0.717, 1.165) is 18.5 Å². The zero-order chi connectivity index (χ0) is 14.3. The number of primary amides is 1. The molecule has 1 rings (SSSR count). The van der Waals surface area contributed by atoms with Crippen molar-refractivity contribution >= 4 is 17.5 Å². The predicted octanol–water partition coefficient (Wildman–Crippen LogP) is 1.71. The lowest BCUT2D eigenvalue weighted by Crippen LogP contribution is -2.20. The molecule has 0 fully saturated rings. The SMILES string of the molecule is CCCNCc1cc(Cl)c(OCC(N)=O)c(OC)c1. The molecule has 0 spiro atoms. The summed E-state index contributed by atoms with van der Waals surface area (Å²) in [7, 11) is 1.52. The maximum Gasteiger partial charge on any atom is 0.255 e. The third-order valence-electron chi connectivity index (χ3n) is 2.40. The lowest BCUT2D eigenvalue weighted by molar-refractivity contribution is -0.119. The normalized spacial score (nSPS) is 10.3. The summed E-state index contributed by atoms with van der Waals surface area (Å²) in [6.07, 6.45) is 1.06. The van der Waals surface area contributed by atoms with E-state index in [1.165, 1.54) is 7.11 Å². The second-order valence-electron chi connectivity index (χ2n) is 4.04. The minimum Gasteiger partial charge on any atom is -0.493 e. The third-order valence-corrected chi connectivity index (χ3v) is 2.68. The van der Waals surface area contributed by atoms with Gasteiger partial charge in [-0.3, -0.25) is 4.79 Å². The maximum absolute atomic E-state index is 10.7. The molecule has 0 saturated carbocycles. The van der Waals surface area contributed by atoms with Crippen molar-refractivity contribution in [2.45, 2.75) is 19.9 Å². The van der Waals surface area contributed by atoms with Crippen molar-refractivity contribution in [1.82, 2.24) is 5.32 Å². The van der Waals surface area contributed by atoms with E-state index >= 15 is 0 Å². The van der Waals surface area contributed by atoms with Crippen LogP contribution in [-0.2, 0) is 11.3 Å². The van der Waals surface area contributed by atoms with Crippen molar-refractivity contribution in [2.75, 3.05) is 20.3 Å². The van der Waals surface area contributed by atoms with E-state index in [2.05, 4.69) is 12.2 Å². The van der Waals surface area contributed by atoms with E-state index in [1.807, 2.05) is 6.07 Å². The number of ether oxygens (including phenoxy) is 2. The summed E-state index contributed by atoms with van der Waals surface area (Å²) >= 11 is 6.12. The second kappa shape index (κ2) is 7.86. The third kappa shape index (κ3) is 4.96. The van der Waals surface area contributed by atoms with Gasteiger partial charge in [-0.1, -0.05) is 18.5 Å². The fraction of sp³-hybridized carbons (Fsp3) is 0.462. The molecule has 3 N–H and O–H groups in total. The van der Waals surface area contributed by atoms with Gasteiger partial charge in [0.15, 0.2) is 18.1 Å². The quantitative estimate of drug-likeness (QED) is 0.714. The molecule has 0 aliphatic carbocycles. The molecule has 0 aliphatic rings. The summed E-state index contributed by atoms with van der Waals surface area (Å²) in [6.45, 7) is 3.49. The smallest absolute Gasteiger partial charge is 0.255 e. The molecule has 0 bridgehead atoms. The van der Waals surface area contributed by atoms with E-state index in [-0.39, 0.29) is 6.61 Å². The van der Waals surface area contributed by atoms with E-state index in [9.17, 15) is 4.79 Å². The van der Waals surface area contributed by atoms with Crippen LogP contribution in [0, 0.1) is 0 Å². The summed E-state index contributed by atoms with van der Waals surface area (Å²) in [6, 6.07) is 3.61. The summed E-state index contributed by atoms with van der Waals surface area (Å²) in [5.74, 6) is 0.260. The van der Waals surface area contributed by atoms with Crippen LogP contribution in [-0.4, -0.2) is 26.2 Å². The predicted molar refractivity (Wildman–Crippen MR) is 74.7 cm³/mol. The Kier molecular flexibility index (Phi) is 6.45. The minimum atomic E-state index is -0.563. The number of halogens is 1. The van der Waals surface area contributed by atoms with Crippen LogP contribution in [0.5, 0.6) is 11.5 Å². The van der Waals surface area contributed by atoms with Crippen LogP contribution in [0.15, 0.2) is 12.1 Å². The fourth-order valence-electron chi connectivity index (χ4n) is 1.57. The molecule has 0 atom stereocenters. The second-order valence-corrected chi connectivity index (χ2v) is 4.45. The Bertz CT molecular complexity index is 438. The average Bonchev–Trinajstić information content (AvgIpc) is 2.37. The molecule has 19 heavy (non-hydrogen) atoms. The molecule has 1 amide bonds. The van der Waals surface area contributed by atoms with Crippen LogP contribution in [0.25, 0.3) is 0 Å². The van der Waals surface area contributed by atoms with Crippen LogP contribution < -0.4 is 20.5 Å². The first-order chi connectivity index (χ1) is 9.08. The number of carbonyl (C=O) groups is 1. The number of rotatable bonds is 8. The van der Waals surface area contributed by atoms with Gasteiger partial charge in [-0.25, -0.2) is 0 Å². The zero-order valence-electron chi connectivity index (χ0n) is 11.2. The Labute approximate surface area is 118 Å². The summed E-state index contributed by atoms with van der Waals surface area (Å²) in [5.41, 5.74) is 6.02. The van der Waals surface area contributed by atoms with Crippen molar-refractivity contribution in [3.05, 3.63) is 22.7 Å². The Hall–Kier alpha value is -1.46. The number of amides is 1. The van der Waals surface area contributed by atoms with Gasteiger partial charge < -0.3 is 20.5 Å². The Morgan fingerprint density at radius 3 is 2.79 bits per heavy atom. The molecule has 0 unspecified atom stereocenters. The molecule has 5 nitrogen and oxygen atoms in total. The lowest BCUT2D eigenvalue weighted by Gasteiger charge is -2.13. The maximum atomic E-state index is 10.7. The molecule has 1 aromatic carbocycles. The van der Waals surface area contributed by atoms with Gasteiger partial charge in [-0.2, -0.15) is 0 Å². The number of methoxy groups -OCH3 is 1. The Morgan fingerprint density at radius 2 is 2.21 bits per heavy atom. The molecule has 0 heterocycles. The van der Waals surface area contributed by atoms with Crippen molar-refractivity contribution in [3.8, 4) is 11.5 Å². The molecule has 106 valence electrons. The number of hydrogen-bond acceptors (Lipinski definition) is 4. The van der Waals surface area contributed by atoms with Gasteiger partial charge in [0.05, 0.1) is 12.1 Å². The average molecular weight is 287 g/mol. The van der Waals surface area contributed by atoms with Gasteiger partial charge in [-0.05, 0) is 30.7 Å². The molecule has 0 aliphatic heterocycles. The highest BCUT2D eigenvalue weighted by molar-refractivity contribution is 6.32. The van der Waals surface area contributed by atoms with E-state index in [0.29, 0.717) is 23.1 Å². The van der Waals surface area contributed by atoms with Crippen LogP contribution in [0.4, 0.5) is 0 Å². The number of nitrogens with two attached hydrogens (primary N) is 1. The zero-order valence-corrected chi connectivity index (χ0v) is 11.9. The minimum absolute atomic E-state index is 0.233. The molecule has 0 radical (unpaired) electrons. The summed E-state index contributed by atoms with van der Waals surface area (Å²) in [5, 5.41) is 3.67. The van der Waals surface area contributed by atoms with Gasteiger partial charge in [-0.15, -0.1) is 0 Å². The van der Waals surface area contributed by atoms with E-state index in [4.69, 9.17) is 26.8 Å². The molecule has 1 aromatic rings. The van der Waals surface area contributed by atoms with Crippen molar-refractivity contribution in [1.29, 1.82) is 0 Å². The molecular weight excluding hydrogens is 268 g/mol. The van der Waals surface area contributed by atoms with Gasteiger partial charge in [0, 0.05) is 6.54 Å². The Balaban J connectivity index is 2.84. The van der Waals surface area contributed by atoms with Crippen LogP contribution in [0.1, 0.15) is 18.9 Å². The number of carbonyl (C=O) groups excluding carboxylic acids is 1. The van der Waals surface area contributed by atoms with Crippen molar-refractivity contribution < 1.29 is 14.3 Å². The highest BCUT2D eigenvalue weighted by atomic mass is 35.5. The number of nitrogens with one attached hydrogen (secondary N) is 1. The summed E-state index contributed by atoms with van der Waals surface area (Å²) < 4.78 is 10.5. The molecule has 0 aromatic heterocycles. The van der Waals surface area contributed by atoms with Gasteiger partial charge in [0.25, 0.3) is 5.91 Å². The van der Waals surface area contributed by atoms with Gasteiger partial charge in [0.1, 0.15) is 0 Å². The lowest BCUT2D eigenvalue weighted by atomic mass is 10.2. The van der Waals surface area contributed by atoms with Crippen LogP contribution >= 0.6 is 11.6 Å². The number of benzene rings is 1. The van der Waals surface area contributed by atoms with Gasteiger partial charge in [0.2, 0.25) is 0 Å². The van der Waals surface area contributed by atoms with Crippen LogP contribution in [0.2, 0.25) is 5.02 Å². The Morgan fingerprint density at radius 1 is 1.47 bits per heavy atom. The number of hydrogen-bond donors (Lipinski definition) is 2. The van der Waals surface area contributed by atoms with Gasteiger partial charge >= 0.3 is 0 Å². The van der Waals surface area contributed by atoms with Crippen molar-refractivity contribution in [2.24, 2.45) is 5.73 Å². The highest BCUT2D eigenvalue weighted by Gasteiger charge is 2.12. The van der Waals surface area contributed by atoms with E-state index < -0.39 is 5.91 Å². The monoisotopic (exact) mass is 286 g/mol. The highest BCUT2D eigenvalue weighted by Crippen LogP contribution is 2.36. The fourth-order valence-corrected chi connectivity index (χ4v) is 1.86. The first-order valence-corrected chi connectivity index (χ1v) is 6.44. The van der Waals surface area contributed by atoms with Crippen LogP contribution in [0.3, 0.4) is 0 Å². The molecular formula is C13H19ClN2O3. The standard InChI is InChI=1S/C13H19ClN2O3/c1-3-4-16-7-9-5-10(14)13(11(6-9)18-2)19-8-12(15)17/h5-6,16H,3-4,7-8H2,1-2H3,(H2,15,17). The van der Waals surface area contributed by atoms with Crippen molar-refractivity contribution in [3.63, 3.8) is 0 Å². The molecule has 0 saturated heterocycles. The first kappa shape index (κ1) is 15.6.